The van der Waals surface area contributed by atoms with Gasteiger partial charge in [0.05, 0.1) is 24.3 Å². The summed E-state index contributed by atoms with van der Waals surface area (Å²) in [5.74, 6) is -0.266. The van der Waals surface area contributed by atoms with E-state index in [9.17, 15) is 13.2 Å². The Balaban J connectivity index is 1.72. The van der Waals surface area contributed by atoms with Gasteiger partial charge in [-0.3, -0.25) is 4.79 Å². The number of amides is 1. The summed E-state index contributed by atoms with van der Waals surface area (Å²) in [5, 5.41) is 12.8. The number of nitriles is 1. The van der Waals surface area contributed by atoms with Crippen LogP contribution in [0.3, 0.4) is 0 Å². The van der Waals surface area contributed by atoms with Crippen LogP contribution in [0.25, 0.3) is 0 Å². The number of benzene rings is 3. The number of para-hydroxylation sites is 1. The Morgan fingerprint density at radius 3 is 2.53 bits per heavy atom. The van der Waals surface area contributed by atoms with E-state index in [4.69, 9.17) is 9.44 Å². The lowest BCUT2D eigenvalue weighted by Gasteiger charge is -2.09. The molecule has 0 saturated heterocycles. The first kappa shape index (κ1) is 20.8. The van der Waals surface area contributed by atoms with Crippen molar-refractivity contribution < 1.29 is 17.4 Å². The number of rotatable bonds is 7. The predicted molar refractivity (Wildman–Crippen MR) is 111 cm³/mol. The molecule has 0 radical (unpaired) electrons. The van der Waals surface area contributed by atoms with E-state index in [1.165, 1.54) is 36.5 Å². The molecular formula is C22H17N3O4S. The molecule has 150 valence electrons. The number of nitrogens with one attached hydrogen (secondary N) is 1. The molecule has 3 aromatic carbocycles. The van der Waals surface area contributed by atoms with Gasteiger partial charge in [0.25, 0.3) is 0 Å². The summed E-state index contributed by atoms with van der Waals surface area (Å²) in [5.41, 5.74) is 3.82. The van der Waals surface area contributed by atoms with Crippen molar-refractivity contribution in [3.05, 3.63) is 95.6 Å². The summed E-state index contributed by atoms with van der Waals surface area (Å²) in [6.07, 6.45) is 1.47. The van der Waals surface area contributed by atoms with Gasteiger partial charge in [0.2, 0.25) is 5.91 Å². The van der Waals surface area contributed by atoms with Crippen molar-refractivity contribution in [2.45, 2.75) is 11.3 Å². The third-order valence-electron chi connectivity index (χ3n) is 3.97. The zero-order valence-electron chi connectivity index (χ0n) is 15.7. The van der Waals surface area contributed by atoms with Crippen LogP contribution in [0.1, 0.15) is 16.7 Å². The average Bonchev–Trinajstić information content (AvgIpc) is 2.75. The van der Waals surface area contributed by atoms with E-state index < -0.39 is 10.1 Å². The van der Waals surface area contributed by atoms with Gasteiger partial charge in [0, 0.05) is 5.56 Å². The molecule has 8 heteroatoms. The van der Waals surface area contributed by atoms with Crippen LogP contribution in [0.5, 0.6) is 5.75 Å². The quantitative estimate of drug-likeness (QED) is 0.360. The van der Waals surface area contributed by atoms with Crippen LogP contribution in [0.2, 0.25) is 0 Å². The predicted octanol–water partition coefficient (Wildman–Crippen LogP) is 3.02. The Morgan fingerprint density at radius 1 is 1.03 bits per heavy atom. The first-order valence-electron chi connectivity index (χ1n) is 8.87. The maximum Gasteiger partial charge on any atom is 0.339 e. The fourth-order valence-electron chi connectivity index (χ4n) is 2.55. The zero-order valence-corrected chi connectivity index (χ0v) is 16.5. The molecule has 0 bridgehead atoms. The van der Waals surface area contributed by atoms with Crippen LogP contribution in [0.15, 0.2) is 88.9 Å². The van der Waals surface area contributed by atoms with Gasteiger partial charge in [-0.05, 0) is 35.9 Å². The van der Waals surface area contributed by atoms with Crippen LogP contribution in [0, 0.1) is 11.3 Å². The fourth-order valence-corrected chi connectivity index (χ4v) is 3.55. The van der Waals surface area contributed by atoms with E-state index in [1.807, 2.05) is 36.4 Å². The number of hydrogen-bond acceptors (Lipinski definition) is 6. The van der Waals surface area contributed by atoms with Gasteiger partial charge in [-0.15, -0.1) is 0 Å². The summed E-state index contributed by atoms with van der Waals surface area (Å²) in [4.78, 5) is 11.8. The Bertz CT molecular complexity index is 1220. The van der Waals surface area contributed by atoms with Crippen molar-refractivity contribution in [1.29, 1.82) is 5.26 Å². The van der Waals surface area contributed by atoms with Gasteiger partial charge >= 0.3 is 10.1 Å². The van der Waals surface area contributed by atoms with Gasteiger partial charge in [0.1, 0.15) is 4.90 Å². The smallest absolute Gasteiger partial charge is 0.339 e. The number of carbonyl (C=O) groups excluding carboxylic acids is 1. The normalized spacial score (nSPS) is 11.0. The van der Waals surface area contributed by atoms with Gasteiger partial charge in [0.15, 0.2) is 5.75 Å². The molecule has 1 N–H and O–H groups in total. The third kappa shape index (κ3) is 5.53. The van der Waals surface area contributed by atoms with E-state index in [1.54, 1.807) is 18.2 Å². The molecule has 30 heavy (non-hydrogen) atoms. The zero-order chi connectivity index (χ0) is 21.4. The topological polar surface area (TPSA) is 109 Å². The van der Waals surface area contributed by atoms with Crippen LogP contribution in [-0.4, -0.2) is 20.5 Å². The number of nitrogens with zero attached hydrogens (tertiary/aromatic N) is 2. The van der Waals surface area contributed by atoms with Crippen LogP contribution in [0.4, 0.5) is 0 Å². The second-order valence-electron chi connectivity index (χ2n) is 6.17. The van der Waals surface area contributed by atoms with Gasteiger partial charge in [-0.2, -0.15) is 18.8 Å². The lowest BCUT2D eigenvalue weighted by molar-refractivity contribution is -0.120. The molecule has 0 atom stereocenters. The molecule has 0 saturated carbocycles. The average molecular weight is 419 g/mol. The Hall–Kier alpha value is -3.96. The van der Waals surface area contributed by atoms with Crippen LogP contribution in [-0.2, 0) is 21.3 Å². The van der Waals surface area contributed by atoms with Gasteiger partial charge < -0.3 is 4.18 Å². The minimum absolute atomic E-state index is 0.0425. The molecule has 3 aromatic rings. The maximum atomic E-state index is 12.6. The first-order valence-corrected chi connectivity index (χ1v) is 10.3. The van der Waals surface area contributed by atoms with Crippen molar-refractivity contribution >= 4 is 22.2 Å². The lowest BCUT2D eigenvalue weighted by atomic mass is 10.1. The van der Waals surface area contributed by atoms with Crippen molar-refractivity contribution in [3.63, 3.8) is 0 Å². The highest BCUT2D eigenvalue weighted by Gasteiger charge is 2.18. The summed E-state index contributed by atoms with van der Waals surface area (Å²) in [6.45, 7) is 0. The molecule has 0 unspecified atom stereocenters. The van der Waals surface area contributed by atoms with Crippen molar-refractivity contribution in [3.8, 4) is 11.8 Å². The number of hydrogen-bond donors (Lipinski definition) is 1. The summed E-state index contributed by atoms with van der Waals surface area (Å²) >= 11 is 0. The van der Waals surface area contributed by atoms with Gasteiger partial charge in [-0.1, -0.05) is 48.5 Å². The van der Waals surface area contributed by atoms with E-state index in [-0.39, 0.29) is 28.5 Å². The van der Waals surface area contributed by atoms with Gasteiger partial charge in [-0.25, -0.2) is 5.43 Å². The molecule has 0 aliphatic carbocycles. The minimum atomic E-state index is -4.15. The monoisotopic (exact) mass is 419 g/mol. The minimum Gasteiger partial charge on any atom is -0.378 e. The SMILES string of the molecule is N#Cc1cccc(S(=O)(=O)Oc2ccccc2C=NNC(=O)Cc2ccccc2)c1. The van der Waals surface area contributed by atoms with E-state index in [0.29, 0.717) is 5.56 Å². The largest absolute Gasteiger partial charge is 0.378 e. The second kappa shape index (κ2) is 9.49. The molecule has 0 aliphatic rings. The second-order valence-corrected chi connectivity index (χ2v) is 7.72. The molecular weight excluding hydrogens is 402 g/mol. The summed E-state index contributed by atoms with van der Waals surface area (Å²) in [6, 6.07) is 23.0. The molecule has 1 amide bonds. The molecule has 0 spiro atoms. The number of carbonyl (C=O) groups is 1. The van der Waals surface area contributed by atoms with Crippen molar-refractivity contribution in [2.24, 2.45) is 5.10 Å². The van der Waals surface area contributed by atoms with E-state index in [2.05, 4.69) is 10.5 Å². The standard InChI is InChI=1S/C22H17N3O4S/c23-15-18-9-6-11-20(13-18)30(27,28)29-21-12-5-4-10-19(21)16-24-25-22(26)14-17-7-2-1-3-8-17/h1-13,16H,14H2,(H,25,26). The summed E-state index contributed by atoms with van der Waals surface area (Å²) in [7, 11) is -4.15. The molecule has 0 fully saturated rings. The Kier molecular flexibility index (Phi) is 6.57. The van der Waals surface area contributed by atoms with E-state index in [0.717, 1.165) is 5.56 Å². The highest BCUT2D eigenvalue weighted by Crippen LogP contribution is 2.22. The van der Waals surface area contributed by atoms with E-state index >= 15 is 0 Å². The maximum absolute atomic E-state index is 12.6. The highest BCUT2D eigenvalue weighted by molar-refractivity contribution is 7.87. The molecule has 0 heterocycles. The Labute approximate surface area is 174 Å². The molecule has 3 rings (SSSR count). The third-order valence-corrected chi connectivity index (χ3v) is 5.20. The molecule has 0 aliphatic heterocycles. The fraction of sp³-hybridized carbons (Fsp3) is 0.0455. The molecule has 7 nitrogen and oxygen atoms in total. The highest BCUT2D eigenvalue weighted by atomic mass is 32.2. The van der Waals surface area contributed by atoms with Crippen LogP contribution < -0.4 is 9.61 Å². The van der Waals surface area contributed by atoms with Crippen molar-refractivity contribution in [1.82, 2.24) is 5.43 Å². The number of hydrazone groups is 1. The summed E-state index contributed by atoms with van der Waals surface area (Å²) < 4.78 is 30.4. The Morgan fingerprint density at radius 2 is 1.77 bits per heavy atom. The van der Waals surface area contributed by atoms with Crippen molar-refractivity contribution in [2.75, 3.05) is 0 Å². The van der Waals surface area contributed by atoms with Crippen LogP contribution >= 0.6 is 0 Å². The molecule has 0 aromatic heterocycles. The lowest BCUT2D eigenvalue weighted by Crippen LogP contribution is -2.19. The first-order chi connectivity index (χ1) is 14.5.